The Morgan fingerprint density at radius 1 is 1.08 bits per heavy atom. The van der Waals surface area contributed by atoms with Gasteiger partial charge in [0.15, 0.2) is 0 Å². The standard InChI is InChI=1S/C20H20ClN3/c21-16-8-9-17-18(12-16)24(13-14-6-7-14)20-22-10-11-23(20)19(17)15-4-2-1-3-5-15/h1-5,8-9,12,14,19H,6-7,10-11,13H2. The molecule has 3 aliphatic rings. The number of hydrogen-bond donors (Lipinski definition) is 0. The summed E-state index contributed by atoms with van der Waals surface area (Å²) in [7, 11) is 0. The normalized spacial score (nSPS) is 22.2. The summed E-state index contributed by atoms with van der Waals surface area (Å²) in [4.78, 5) is 9.72. The lowest BCUT2D eigenvalue weighted by atomic mass is 9.93. The zero-order chi connectivity index (χ0) is 16.1. The largest absolute Gasteiger partial charge is 0.329 e. The molecule has 2 heterocycles. The topological polar surface area (TPSA) is 18.8 Å². The first-order valence-electron chi connectivity index (χ1n) is 8.74. The summed E-state index contributed by atoms with van der Waals surface area (Å²) in [5, 5.41) is 0.799. The third-order valence-corrected chi connectivity index (χ3v) is 5.47. The highest BCUT2D eigenvalue weighted by molar-refractivity contribution is 6.31. The fourth-order valence-electron chi connectivity index (χ4n) is 3.92. The third kappa shape index (κ3) is 2.30. The minimum atomic E-state index is 0.232. The summed E-state index contributed by atoms with van der Waals surface area (Å²) < 4.78 is 0. The van der Waals surface area contributed by atoms with Crippen LogP contribution in [-0.4, -0.2) is 30.5 Å². The van der Waals surface area contributed by atoms with Crippen molar-refractivity contribution in [2.24, 2.45) is 10.9 Å². The highest BCUT2D eigenvalue weighted by Gasteiger charge is 2.40. The number of benzene rings is 2. The Labute approximate surface area is 147 Å². The van der Waals surface area contributed by atoms with Crippen molar-refractivity contribution in [1.29, 1.82) is 0 Å². The first-order valence-corrected chi connectivity index (χ1v) is 9.12. The molecule has 2 aromatic carbocycles. The summed E-state index contributed by atoms with van der Waals surface area (Å²) in [5.74, 6) is 1.93. The van der Waals surface area contributed by atoms with Crippen molar-refractivity contribution in [1.82, 2.24) is 4.90 Å². The van der Waals surface area contributed by atoms with Gasteiger partial charge in [-0.1, -0.05) is 48.0 Å². The zero-order valence-corrected chi connectivity index (χ0v) is 14.3. The smallest absolute Gasteiger partial charge is 0.202 e. The molecule has 0 spiro atoms. The summed E-state index contributed by atoms with van der Waals surface area (Å²) in [6.45, 7) is 2.92. The SMILES string of the molecule is Clc1ccc2c(c1)N(CC1CC1)C1=NCCN1C2c1ccccc1. The van der Waals surface area contributed by atoms with E-state index in [9.17, 15) is 0 Å². The molecule has 1 fully saturated rings. The number of hydrogen-bond acceptors (Lipinski definition) is 3. The summed E-state index contributed by atoms with van der Waals surface area (Å²) in [5.41, 5.74) is 3.90. The molecular formula is C20H20ClN3. The van der Waals surface area contributed by atoms with Gasteiger partial charge in [-0.15, -0.1) is 0 Å². The van der Waals surface area contributed by atoms with Crippen molar-refractivity contribution in [2.45, 2.75) is 18.9 Å². The van der Waals surface area contributed by atoms with E-state index in [1.54, 1.807) is 0 Å². The van der Waals surface area contributed by atoms with E-state index >= 15 is 0 Å². The lowest BCUT2D eigenvalue weighted by molar-refractivity contribution is 0.372. The van der Waals surface area contributed by atoms with E-state index in [1.807, 2.05) is 6.07 Å². The molecule has 3 nitrogen and oxygen atoms in total. The molecule has 0 amide bonds. The first-order chi connectivity index (χ1) is 11.8. The summed E-state index contributed by atoms with van der Waals surface area (Å²) >= 11 is 6.35. The molecule has 0 saturated heterocycles. The summed E-state index contributed by atoms with van der Waals surface area (Å²) in [6.07, 6.45) is 2.67. The molecule has 0 bridgehead atoms. The van der Waals surface area contributed by atoms with E-state index in [1.165, 1.54) is 29.7 Å². The van der Waals surface area contributed by atoms with Gasteiger partial charge < -0.3 is 9.80 Å². The Balaban J connectivity index is 1.67. The maximum atomic E-state index is 6.35. The Hall–Kier alpha value is -2.00. The molecule has 1 atom stereocenters. The second-order valence-electron chi connectivity index (χ2n) is 6.95. The van der Waals surface area contributed by atoms with Crippen LogP contribution >= 0.6 is 11.6 Å². The molecule has 5 rings (SSSR count). The molecule has 1 saturated carbocycles. The molecule has 4 heteroatoms. The maximum absolute atomic E-state index is 6.35. The van der Waals surface area contributed by atoms with Crippen molar-refractivity contribution in [2.75, 3.05) is 24.5 Å². The molecular weight excluding hydrogens is 318 g/mol. The quantitative estimate of drug-likeness (QED) is 0.830. The maximum Gasteiger partial charge on any atom is 0.202 e. The molecule has 2 aliphatic heterocycles. The van der Waals surface area contributed by atoms with Crippen LogP contribution in [0.5, 0.6) is 0 Å². The van der Waals surface area contributed by atoms with Gasteiger partial charge in [-0.3, -0.25) is 4.99 Å². The van der Waals surface area contributed by atoms with Gasteiger partial charge in [0.25, 0.3) is 0 Å². The fraction of sp³-hybridized carbons (Fsp3) is 0.350. The van der Waals surface area contributed by atoms with Crippen molar-refractivity contribution < 1.29 is 0 Å². The van der Waals surface area contributed by atoms with Gasteiger partial charge in [0.1, 0.15) is 0 Å². The zero-order valence-electron chi connectivity index (χ0n) is 13.5. The second kappa shape index (κ2) is 5.52. The van der Waals surface area contributed by atoms with Crippen LogP contribution in [0.15, 0.2) is 53.5 Å². The van der Waals surface area contributed by atoms with Crippen LogP contribution in [0.1, 0.15) is 30.0 Å². The van der Waals surface area contributed by atoms with Crippen LogP contribution in [-0.2, 0) is 0 Å². The van der Waals surface area contributed by atoms with E-state index < -0.39 is 0 Å². The predicted octanol–water partition coefficient (Wildman–Crippen LogP) is 4.33. The van der Waals surface area contributed by atoms with E-state index in [2.05, 4.69) is 52.3 Å². The number of anilines is 1. The minimum Gasteiger partial charge on any atom is -0.329 e. The molecule has 2 aromatic rings. The lowest BCUT2D eigenvalue weighted by Gasteiger charge is -2.43. The van der Waals surface area contributed by atoms with Gasteiger partial charge in [-0.05, 0) is 36.5 Å². The van der Waals surface area contributed by atoms with E-state index in [-0.39, 0.29) is 6.04 Å². The summed E-state index contributed by atoms with van der Waals surface area (Å²) in [6, 6.07) is 17.3. The van der Waals surface area contributed by atoms with E-state index in [0.29, 0.717) is 0 Å². The number of rotatable bonds is 3. The highest BCUT2D eigenvalue weighted by atomic mass is 35.5. The second-order valence-corrected chi connectivity index (χ2v) is 7.38. The van der Waals surface area contributed by atoms with E-state index in [0.717, 1.165) is 36.5 Å². The van der Waals surface area contributed by atoms with Crippen LogP contribution in [0.25, 0.3) is 0 Å². The Morgan fingerprint density at radius 2 is 1.92 bits per heavy atom. The van der Waals surface area contributed by atoms with Gasteiger partial charge in [0.2, 0.25) is 5.96 Å². The van der Waals surface area contributed by atoms with Crippen molar-refractivity contribution in [3.8, 4) is 0 Å². The van der Waals surface area contributed by atoms with Gasteiger partial charge >= 0.3 is 0 Å². The molecule has 0 aromatic heterocycles. The van der Waals surface area contributed by atoms with Crippen LogP contribution < -0.4 is 4.90 Å². The van der Waals surface area contributed by atoms with Crippen LogP contribution in [0.3, 0.4) is 0 Å². The molecule has 1 aliphatic carbocycles. The monoisotopic (exact) mass is 337 g/mol. The Kier molecular flexibility index (Phi) is 3.30. The van der Waals surface area contributed by atoms with Gasteiger partial charge in [-0.2, -0.15) is 0 Å². The average Bonchev–Trinajstić information content (AvgIpc) is 3.30. The molecule has 0 N–H and O–H groups in total. The van der Waals surface area contributed by atoms with Crippen LogP contribution in [0, 0.1) is 5.92 Å². The van der Waals surface area contributed by atoms with Gasteiger partial charge in [0.05, 0.1) is 18.3 Å². The number of aliphatic imine (C=N–C) groups is 1. The number of guanidine groups is 1. The van der Waals surface area contributed by atoms with Crippen molar-refractivity contribution in [3.05, 3.63) is 64.7 Å². The average molecular weight is 338 g/mol. The van der Waals surface area contributed by atoms with E-state index in [4.69, 9.17) is 16.6 Å². The van der Waals surface area contributed by atoms with Crippen molar-refractivity contribution >= 4 is 23.2 Å². The highest BCUT2D eigenvalue weighted by Crippen LogP contribution is 2.44. The van der Waals surface area contributed by atoms with Crippen LogP contribution in [0.4, 0.5) is 5.69 Å². The lowest BCUT2D eigenvalue weighted by Crippen LogP contribution is -2.49. The Bertz CT molecular complexity index is 798. The fourth-order valence-corrected chi connectivity index (χ4v) is 4.09. The minimum absolute atomic E-state index is 0.232. The molecule has 24 heavy (non-hydrogen) atoms. The number of fused-ring (bicyclic) bond motifs is 2. The third-order valence-electron chi connectivity index (χ3n) is 5.23. The number of halogens is 1. The predicted molar refractivity (Wildman–Crippen MR) is 98.8 cm³/mol. The molecule has 1 unspecified atom stereocenters. The van der Waals surface area contributed by atoms with Gasteiger partial charge in [-0.25, -0.2) is 0 Å². The Morgan fingerprint density at radius 3 is 2.71 bits per heavy atom. The van der Waals surface area contributed by atoms with Gasteiger partial charge in [0, 0.05) is 23.7 Å². The number of nitrogens with zero attached hydrogens (tertiary/aromatic N) is 3. The van der Waals surface area contributed by atoms with Crippen molar-refractivity contribution in [3.63, 3.8) is 0 Å². The molecule has 0 radical (unpaired) electrons. The van der Waals surface area contributed by atoms with Crippen LogP contribution in [0.2, 0.25) is 5.02 Å². The molecule has 122 valence electrons. The first kappa shape index (κ1) is 14.4.